The quantitative estimate of drug-likeness (QED) is 0.448. The number of carbonyl (C=O) groups is 1. The summed E-state index contributed by atoms with van der Waals surface area (Å²) in [4.78, 5) is 19.2. The topological polar surface area (TPSA) is 75.5 Å². The Morgan fingerprint density at radius 2 is 1.88 bits per heavy atom. The zero-order valence-electron chi connectivity index (χ0n) is 19.6. The highest BCUT2D eigenvalue weighted by Crippen LogP contribution is 2.23. The third-order valence-corrected chi connectivity index (χ3v) is 7.42. The van der Waals surface area contributed by atoms with Gasteiger partial charge in [-0.2, -0.15) is 0 Å². The molecule has 1 heterocycles. The highest BCUT2D eigenvalue weighted by atomic mass is 32.2. The van der Waals surface area contributed by atoms with Gasteiger partial charge in [-0.15, -0.1) is 0 Å². The molecule has 0 aliphatic heterocycles. The second-order valence-corrected chi connectivity index (χ2v) is 10.5. The lowest BCUT2D eigenvalue weighted by Gasteiger charge is -2.17. The van der Waals surface area contributed by atoms with Crippen LogP contribution in [0.5, 0.6) is 0 Å². The minimum Gasteiger partial charge on any atom is -0.341 e. The Hall–Kier alpha value is -2.78. The first kappa shape index (κ1) is 24.9. The lowest BCUT2D eigenvalue weighted by Crippen LogP contribution is -2.26. The Balaban J connectivity index is 1.81. The SMILES string of the molecule is CCCCn1c(CCC(=O)N(C)Cc2cccc(F)c2)nc2cc(S(=O)(=O)N(C)C)ccc21. The monoisotopic (exact) mass is 474 g/mol. The zero-order chi connectivity index (χ0) is 24.2. The van der Waals surface area contributed by atoms with Gasteiger partial charge >= 0.3 is 0 Å². The van der Waals surface area contributed by atoms with Gasteiger partial charge in [0.1, 0.15) is 11.6 Å². The number of nitrogens with zero attached hydrogens (tertiary/aromatic N) is 4. The number of aromatic nitrogens is 2. The van der Waals surface area contributed by atoms with E-state index in [4.69, 9.17) is 0 Å². The molecule has 3 aromatic rings. The van der Waals surface area contributed by atoms with Crippen molar-refractivity contribution in [3.05, 3.63) is 59.7 Å². The molecule has 0 aliphatic carbocycles. The molecule has 0 saturated heterocycles. The number of unbranched alkanes of at least 4 members (excludes halogenated alkanes) is 1. The van der Waals surface area contributed by atoms with E-state index < -0.39 is 10.0 Å². The predicted molar refractivity (Wildman–Crippen MR) is 127 cm³/mol. The normalized spacial score (nSPS) is 11.9. The molecule has 0 radical (unpaired) electrons. The molecule has 2 aromatic carbocycles. The second kappa shape index (κ2) is 10.4. The molecular formula is C24H31FN4O3S. The van der Waals surface area contributed by atoms with Crippen LogP contribution >= 0.6 is 0 Å². The van der Waals surface area contributed by atoms with Crippen LogP contribution in [0.1, 0.15) is 37.6 Å². The van der Waals surface area contributed by atoms with Crippen molar-refractivity contribution in [1.82, 2.24) is 18.8 Å². The Morgan fingerprint density at radius 3 is 2.55 bits per heavy atom. The number of imidazole rings is 1. The average molecular weight is 475 g/mol. The highest BCUT2D eigenvalue weighted by Gasteiger charge is 2.20. The molecule has 178 valence electrons. The van der Waals surface area contributed by atoms with Crippen LogP contribution in [0.2, 0.25) is 0 Å². The van der Waals surface area contributed by atoms with Crippen molar-refractivity contribution in [3.8, 4) is 0 Å². The van der Waals surface area contributed by atoms with Gasteiger partial charge in [-0.05, 0) is 42.3 Å². The highest BCUT2D eigenvalue weighted by molar-refractivity contribution is 7.89. The smallest absolute Gasteiger partial charge is 0.242 e. The van der Waals surface area contributed by atoms with E-state index in [-0.39, 0.29) is 23.0 Å². The average Bonchev–Trinajstić information content (AvgIpc) is 3.12. The number of sulfonamides is 1. The number of fused-ring (bicyclic) bond motifs is 1. The molecule has 0 N–H and O–H groups in total. The molecule has 1 amide bonds. The molecule has 33 heavy (non-hydrogen) atoms. The molecule has 0 aliphatic rings. The second-order valence-electron chi connectivity index (χ2n) is 8.35. The van der Waals surface area contributed by atoms with Crippen molar-refractivity contribution in [1.29, 1.82) is 0 Å². The first-order valence-electron chi connectivity index (χ1n) is 11.0. The van der Waals surface area contributed by atoms with Crippen molar-refractivity contribution in [2.75, 3.05) is 21.1 Å². The lowest BCUT2D eigenvalue weighted by molar-refractivity contribution is -0.130. The van der Waals surface area contributed by atoms with Crippen LogP contribution in [0.15, 0.2) is 47.4 Å². The molecule has 0 saturated carbocycles. The van der Waals surface area contributed by atoms with Gasteiger partial charge in [0.2, 0.25) is 15.9 Å². The van der Waals surface area contributed by atoms with Crippen LogP contribution in [0.4, 0.5) is 4.39 Å². The van der Waals surface area contributed by atoms with Crippen molar-refractivity contribution in [3.63, 3.8) is 0 Å². The van der Waals surface area contributed by atoms with Gasteiger partial charge in [0.25, 0.3) is 0 Å². The van der Waals surface area contributed by atoms with Gasteiger partial charge in [-0.1, -0.05) is 25.5 Å². The maximum absolute atomic E-state index is 13.4. The molecule has 0 bridgehead atoms. The Bertz CT molecular complexity index is 1240. The van der Waals surface area contributed by atoms with Gasteiger partial charge in [0.15, 0.2) is 0 Å². The fraction of sp³-hybridized carbons (Fsp3) is 0.417. The molecule has 3 rings (SSSR count). The van der Waals surface area contributed by atoms with Crippen LogP contribution in [-0.2, 0) is 34.3 Å². The maximum Gasteiger partial charge on any atom is 0.242 e. The Labute approximate surface area is 194 Å². The van der Waals surface area contributed by atoms with Crippen molar-refractivity contribution in [2.45, 2.75) is 50.6 Å². The first-order chi connectivity index (χ1) is 15.6. The van der Waals surface area contributed by atoms with Crippen LogP contribution in [0, 0.1) is 5.82 Å². The van der Waals surface area contributed by atoms with Crippen LogP contribution in [0.3, 0.4) is 0 Å². The Morgan fingerprint density at radius 1 is 1.12 bits per heavy atom. The van der Waals surface area contributed by atoms with Gasteiger partial charge < -0.3 is 9.47 Å². The Kier molecular flexibility index (Phi) is 7.86. The van der Waals surface area contributed by atoms with Gasteiger partial charge in [0, 0.05) is 47.1 Å². The summed E-state index contributed by atoms with van der Waals surface area (Å²) in [6.45, 7) is 3.18. The number of rotatable bonds is 10. The van der Waals surface area contributed by atoms with Crippen LogP contribution < -0.4 is 0 Å². The number of benzene rings is 2. The number of carbonyl (C=O) groups excluding carboxylic acids is 1. The molecule has 0 fully saturated rings. The molecule has 0 spiro atoms. The van der Waals surface area contributed by atoms with E-state index in [2.05, 4.69) is 16.5 Å². The van der Waals surface area contributed by atoms with Crippen LogP contribution in [0.25, 0.3) is 11.0 Å². The number of halogens is 1. The van der Waals surface area contributed by atoms with Crippen molar-refractivity contribution < 1.29 is 17.6 Å². The summed E-state index contributed by atoms with van der Waals surface area (Å²) < 4.78 is 41.7. The number of hydrogen-bond donors (Lipinski definition) is 0. The zero-order valence-corrected chi connectivity index (χ0v) is 20.4. The summed E-state index contributed by atoms with van der Waals surface area (Å²) >= 11 is 0. The summed E-state index contributed by atoms with van der Waals surface area (Å²) in [5.41, 5.74) is 2.19. The lowest BCUT2D eigenvalue weighted by atomic mass is 10.2. The van der Waals surface area contributed by atoms with Crippen LogP contribution in [-0.4, -0.2) is 54.2 Å². The summed E-state index contributed by atoms with van der Waals surface area (Å²) in [5.74, 6) is 0.364. The summed E-state index contributed by atoms with van der Waals surface area (Å²) in [5, 5.41) is 0. The van der Waals surface area contributed by atoms with E-state index in [1.165, 1.54) is 30.5 Å². The van der Waals surface area contributed by atoms with Crippen molar-refractivity contribution >= 4 is 27.0 Å². The minimum atomic E-state index is -3.56. The molecule has 0 unspecified atom stereocenters. The predicted octanol–water partition coefficient (Wildman–Crippen LogP) is 3.82. The molecule has 7 nitrogen and oxygen atoms in total. The van der Waals surface area contributed by atoms with E-state index in [9.17, 15) is 17.6 Å². The largest absolute Gasteiger partial charge is 0.341 e. The third kappa shape index (κ3) is 5.78. The van der Waals surface area contributed by atoms with E-state index in [0.717, 1.165) is 36.3 Å². The van der Waals surface area contributed by atoms with E-state index in [1.54, 1.807) is 42.3 Å². The summed E-state index contributed by atoms with van der Waals surface area (Å²) in [6, 6.07) is 11.2. The molecule has 9 heteroatoms. The van der Waals surface area contributed by atoms with Gasteiger partial charge in [0.05, 0.1) is 15.9 Å². The van der Waals surface area contributed by atoms with Gasteiger partial charge in [-0.25, -0.2) is 22.1 Å². The third-order valence-electron chi connectivity index (χ3n) is 5.61. The number of amides is 1. The standard InChI is InChI=1S/C24H31FN4O3S/c1-5-6-14-29-22-11-10-20(33(31,32)27(2)3)16-21(22)26-23(29)12-13-24(30)28(4)17-18-8-7-9-19(25)15-18/h7-11,15-16H,5-6,12-14,17H2,1-4H3. The summed E-state index contributed by atoms with van der Waals surface area (Å²) in [6.07, 6.45) is 2.63. The fourth-order valence-electron chi connectivity index (χ4n) is 3.69. The van der Waals surface area contributed by atoms with Gasteiger partial charge in [-0.3, -0.25) is 4.79 Å². The van der Waals surface area contributed by atoms with E-state index in [1.807, 2.05) is 0 Å². The van der Waals surface area contributed by atoms with E-state index in [0.29, 0.717) is 18.5 Å². The fourth-order valence-corrected chi connectivity index (χ4v) is 4.62. The molecule has 1 aromatic heterocycles. The maximum atomic E-state index is 13.4. The molecular weight excluding hydrogens is 443 g/mol. The number of aryl methyl sites for hydroxylation is 2. The summed E-state index contributed by atoms with van der Waals surface area (Å²) in [7, 11) is 1.13. The molecule has 0 atom stereocenters. The minimum absolute atomic E-state index is 0.0655. The van der Waals surface area contributed by atoms with E-state index >= 15 is 0 Å². The van der Waals surface area contributed by atoms with Crippen molar-refractivity contribution in [2.24, 2.45) is 0 Å². The first-order valence-corrected chi connectivity index (χ1v) is 12.5. The number of hydrogen-bond acceptors (Lipinski definition) is 4.